The number of nitrogens with zero attached hydrogens (tertiary/aromatic N) is 5. The number of carbonyl (C=O) groups excluding carboxylic acids is 1. The summed E-state index contributed by atoms with van der Waals surface area (Å²) in [5.41, 5.74) is 4.58. The predicted molar refractivity (Wildman–Crippen MR) is 160 cm³/mol. The number of imidazole rings is 1. The molecule has 3 N–H and O–H groups in total. The number of urea groups is 1. The zero-order valence-electron chi connectivity index (χ0n) is 24.2. The summed E-state index contributed by atoms with van der Waals surface area (Å²) in [5.74, 6) is 0.457. The lowest BCUT2D eigenvalue weighted by molar-refractivity contribution is -0.141. The minimum absolute atomic E-state index is 0.169. The number of ether oxygens (including phenoxy) is 1. The number of aliphatic hydroxyl groups is 1. The summed E-state index contributed by atoms with van der Waals surface area (Å²) >= 11 is 0. The van der Waals surface area contributed by atoms with Gasteiger partial charge in [-0.15, -0.1) is 0 Å². The maximum Gasteiger partial charge on any atom is 0.320 e. The highest BCUT2D eigenvalue weighted by Crippen LogP contribution is 2.32. The van der Waals surface area contributed by atoms with Crippen molar-refractivity contribution < 1.29 is 28.3 Å². The van der Waals surface area contributed by atoms with Gasteiger partial charge >= 0.3 is 6.03 Å². The second-order valence-corrected chi connectivity index (χ2v) is 10.7. The normalized spacial score (nSPS) is 22.0. The SMILES string of the molecule is COCCN1C[C@@H](NC(=O)Nc2c(C)c(-c3ccc4nc(CO)cn4c3)nn2-c2ccccc2)[C@H](C2=CC(F)C(F)C=C2)O1. The lowest BCUT2D eigenvalue weighted by atomic mass is 9.96. The van der Waals surface area contributed by atoms with Crippen LogP contribution in [0.1, 0.15) is 11.3 Å². The summed E-state index contributed by atoms with van der Waals surface area (Å²) in [6.07, 6.45) is 3.24. The van der Waals surface area contributed by atoms with E-state index in [0.29, 0.717) is 48.1 Å². The van der Waals surface area contributed by atoms with Gasteiger partial charge in [-0.2, -0.15) is 10.2 Å². The molecule has 1 aliphatic heterocycles. The summed E-state index contributed by atoms with van der Waals surface area (Å²) in [6, 6.07) is 12.1. The number of para-hydroxylation sites is 1. The van der Waals surface area contributed by atoms with Crippen LogP contribution in [0.25, 0.3) is 22.6 Å². The number of benzene rings is 1. The molecule has 13 heteroatoms. The minimum Gasteiger partial charge on any atom is -0.390 e. The molecule has 0 radical (unpaired) electrons. The van der Waals surface area contributed by atoms with Crippen molar-refractivity contribution in [1.82, 2.24) is 29.5 Å². The molecule has 1 aliphatic carbocycles. The third kappa shape index (κ3) is 5.99. The number of rotatable bonds is 9. The Bertz CT molecular complexity index is 1700. The van der Waals surface area contributed by atoms with Crippen LogP contribution in [0.15, 0.2) is 78.7 Å². The molecular weight excluding hydrogens is 572 g/mol. The van der Waals surface area contributed by atoms with E-state index in [9.17, 15) is 18.7 Å². The fourth-order valence-electron chi connectivity index (χ4n) is 5.42. The van der Waals surface area contributed by atoms with Crippen molar-refractivity contribution in [1.29, 1.82) is 0 Å². The largest absolute Gasteiger partial charge is 0.390 e. The average molecular weight is 606 g/mol. The first kappa shape index (κ1) is 29.6. The summed E-state index contributed by atoms with van der Waals surface area (Å²) in [4.78, 5) is 24.0. The Morgan fingerprint density at radius 1 is 1.16 bits per heavy atom. The van der Waals surface area contributed by atoms with Gasteiger partial charge in [0.2, 0.25) is 0 Å². The first-order valence-corrected chi connectivity index (χ1v) is 14.2. The number of allylic oxidation sites excluding steroid dienone is 2. The third-order valence-electron chi connectivity index (χ3n) is 7.64. The van der Waals surface area contributed by atoms with Crippen molar-refractivity contribution in [3.63, 3.8) is 0 Å². The fourth-order valence-corrected chi connectivity index (χ4v) is 5.42. The van der Waals surface area contributed by atoms with Crippen LogP contribution in [-0.4, -0.2) is 86.7 Å². The monoisotopic (exact) mass is 605 g/mol. The first-order valence-electron chi connectivity index (χ1n) is 14.2. The lowest BCUT2D eigenvalue weighted by Gasteiger charge is -2.23. The number of fused-ring (bicyclic) bond motifs is 1. The van der Waals surface area contributed by atoms with Crippen molar-refractivity contribution in [2.75, 3.05) is 32.1 Å². The van der Waals surface area contributed by atoms with E-state index in [4.69, 9.17) is 14.7 Å². The topological polar surface area (TPSA) is 118 Å². The Morgan fingerprint density at radius 3 is 2.73 bits per heavy atom. The van der Waals surface area contributed by atoms with Gasteiger partial charge in [0.05, 0.1) is 36.3 Å². The van der Waals surface area contributed by atoms with Crippen molar-refractivity contribution in [2.24, 2.45) is 0 Å². The van der Waals surface area contributed by atoms with Crippen LogP contribution in [0.3, 0.4) is 0 Å². The molecule has 1 saturated heterocycles. The Balaban J connectivity index is 1.29. The maximum atomic E-state index is 14.2. The standard InChI is InChI=1S/C31H33F2N7O4/c1-19-28(21-9-11-27-34-22(18-41)16-38(27)15-21)37-40(23-6-4-3-5-7-23)30(19)36-31(42)35-26-17-39(12-13-43-2)44-29(26)20-8-10-24(32)25(33)14-20/h3-11,14-16,24-26,29,41H,12-13,17-18H2,1-2H3,(H2,35,36,42)/t24?,25?,26-,29+/m1/s1. The maximum absolute atomic E-state index is 14.2. The number of pyridine rings is 1. The van der Waals surface area contributed by atoms with E-state index in [1.807, 2.05) is 60.0 Å². The van der Waals surface area contributed by atoms with E-state index < -0.39 is 30.5 Å². The Kier molecular flexibility index (Phi) is 8.53. The molecule has 4 atom stereocenters. The highest BCUT2D eigenvalue weighted by Gasteiger charge is 2.38. The van der Waals surface area contributed by atoms with Crippen LogP contribution in [0.2, 0.25) is 0 Å². The van der Waals surface area contributed by atoms with Gasteiger partial charge in [-0.1, -0.05) is 24.3 Å². The number of carbonyl (C=O) groups is 1. The number of halogens is 2. The van der Waals surface area contributed by atoms with Gasteiger partial charge in [-0.25, -0.2) is 23.2 Å². The molecule has 2 unspecified atom stereocenters. The highest BCUT2D eigenvalue weighted by atomic mass is 19.2. The molecule has 230 valence electrons. The molecule has 4 heterocycles. The fraction of sp³-hybridized carbons (Fsp3) is 0.323. The van der Waals surface area contributed by atoms with Gasteiger partial charge in [0.15, 0.2) is 12.3 Å². The average Bonchev–Trinajstić information content (AvgIpc) is 3.73. The number of hydrogen-bond acceptors (Lipinski definition) is 7. The molecule has 2 amide bonds. The lowest BCUT2D eigenvalue weighted by Crippen LogP contribution is -2.46. The molecule has 44 heavy (non-hydrogen) atoms. The number of methoxy groups -OCH3 is 1. The van der Waals surface area contributed by atoms with Gasteiger partial charge in [0, 0.05) is 43.7 Å². The van der Waals surface area contributed by atoms with Crippen LogP contribution < -0.4 is 10.6 Å². The van der Waals surface area contributed by atoms with Crippen molar-refractivity contribution >= 4 is 17.5 Å². The molecule has 0 saturated carbocycles. The van der Waals surface area contributed by atoms with Crippen molar-refractivity contribution in [3.05, 3.63) is 89.9 Å². The molecule has 1 aromatic carbocycles. The summed E-state index contributed by atoms with van der Waals surface area (Å²) in [6.45, 7) is 2.83. The Labute approximate surface area is 252 Å². The van der Waals surface area contributed by atoms with Crippen molar-refractivity contribution in [2.45, 2.75) is 38.0 Å². The number of amides is 2. The molecule has 11 nitrogen and oxygen atoms in total. The predicted octanol–water partition coefficient (Wildman–Crippen LogP) is 3.91. The number of alkyl halides is 2. The van der Waals surface area contributed by atoms with E-state index in [1.165, 1.54) is 12.2 Å². The second kappa shape index (κ2) is 12.7. The Hall–Kier alpha value is -4.43. The first-order chi connectivity index (χ1) is 21.3. The zero-order chi connectivity index (χ0) is 30.8. The van der Waals surface area contributed by atoms with Crippen LogP contribution in [-0.2, 0) is 16.2 Å². The molecule has 2 aliphatic rings. The van der Waals surface area contributed by atoms with Gasteiger partial charge < -0.3 is 19.6 Å². The van der Waals surface area contributed by atoms with Crippen LogP contribution in [0, 0.1) is 6.92 Å². The van der Waals surface area contributed by atoms with E-state index in [1.54, 1.807) is 23.1 Å². The molecule has 3 aromatic heterocycles. The van der Waals surface area contributed by atoms with Crippen LogP contribution in [0.5, 0.6) is 0 Å². The number of anilines is 1. The number of hydrogen-bond donors (Lipinski definition) is 3. The highest BCUT2D eigenvalue weighted by molar-refractivity contribution is 5.91. The molecule has 6 rings (SSSR count). The third-order valence-corrected chi connectivity index (χ3v) is 7.64. The summed E-state index contributed by atoms with van der Waals surface area (Å²) < 4.78 is 36.7. The van der Waals surface area contributed by atoms with E-state index in [0.717, 1.165) is 22.9 Å². The molecule has 0 bridgehead atoms. The number of nitrogens with one attached hydrogen (secondary N) is 2. The quantitative estimate of drug-likeness (QED) is 0.265. The van der Waals surface area contributed by atoms with Crippen molar-refractivity contribution in [3.8, 4) is 16.9 Å². The van der Waals surface area contributed by atoms with Gasteiger partial charge in [-0.3, -0.25) is 10.2 Å². The summed E-state index contributed by atoms with van der Waals surface area (Å²) in [7, 11) is 1.57. The van der Waals surface area contributed by atoms with Gasteiger partial charge in [-0.05, 0) is 48.9 Å². The molecule has 0 spiro atoms. The summed E-state index contributed by atoms with van der Waals surface area (Å²) in [5, 5.41) is 21.9. The second-order valence-electron chi connectivity index (χ2n) is 10.7. The number of aromatic nitrogens is 4. The van der Waals surface area contributed by atoms with E-state index >= 15 is 0 Å². The molecule has 4 aromatic rings. The van der Waals surface area contributed by atoms with Crippen LogP contribution >= 0.6 is 0 Å². The van der Waals surface area contributed by atoms with Gasteiger partial charge in [0.1, 0.15) is 17.6 Å². The zero-order valence-corrected chi connectivity index (χ0v) is 24.2. The molecule has 1 fully saturated rings. The van der Waals surface area contributed by atoms with Crippen LogP contribution in [0.4, 0.5) is 19.4 Å². The minimum atomic E-state index is -1.79. The van der Waals surface area contributed by atoms with Gasteiger partial charge in [0.25, 0.3) is 0 Å². The number of hydroxylamine groups is 2. The number of aliphatic hydroxyl groups excluding tert-OH is 1. The smallest absolute Gasteiger partial charge is 0.320 e. The Morgan fingerprint density at radius 2 is 1.98 bits per heavy atom. The van der Waals surface area contributed by atoms with E-state index in [2.05, 4.69) is 15.6 Å². The van der Waals surface area contributed by atoms with E-state index in [-0.39, 0.29) is 6.61 Å². The molecular formula is C31H33F2N7O4.